The summed E-state index contributed by atoms with van der Waals surface area (Å²) in [6.07, 6.45) is 83.6. The van der Waals surface area contributed by atoms with E-state index >= 15 is 0 Å². The molecule has 0 saturated heterocycles. The van der Waals surface area contributed by atoms with Crippen molar-refractivity contribution in [2.24, 2.45) is 0 Å². The minimum absolute atomic E-state index is 1.02. The van der Waals surface area contributed by atoms with Crippen LogP contribution in [0.15, 0.2) is 72.8 Å². The molecule has 0 fully saturated rings. The van der Waals surface area contributed by atoms with Gasteiger partial charge in [-0.2, -0.15) is 0 Å². The summed E-state index contributed by atoms with van der Waals surface area (Å²) in [5.41, 5.74) is 8.86. The van der Waals surface area contributed by atoms with Gasteiger partial charge in [0.1, 0.15) is 0 Å². The average Bonchev–Trinajstić information content (AvgIpc) is 0.642. The van der Waals surface area contributed by atoms with Gasteiger partial charge in [0.05, 0.1) is 0 Å². The van der Waals surface area contributed by atoms with Gasteiger partial charge >= 0.3 is 0 Å². The van der Waals surface area contributed by atoms with Gasteiger partial charge in [-0.05, 0) is 240 Å². The highest BCUT2D eigenvalue weighted by Crippen LogP contribution is 2.61. The second-order valence-electron chi connectivity index (χ2n) is 37.6. The van der Waals surface area contributed by atoms with Crippen molar-refractivity contribution in [2.45, 2.75) is 440 Å². The predicted molar refractivity (Wildman–Crippen MR) is 517 cm³/mol. The Balaban J connectivity index is 1.01. The number of aryl methyl sites for hydroxylation is 4. The molecule has 0 atom stereocenters. The Morgan fingerprint density at radius 3 is 0.430 bits per heavy atom. The lowest BCUT2D eigenvalue weighted by atomic mass is 9.72. The molecular formula is C112H160N2. The molecule has 2 nitrogen and oxygen atoms in total. The molecule has 0 aromatic heterocycles. The molecular weight excluding hydrogens is 1370 g/mol. The van der Waals surface area contributed by atoms with E-state index in [0.717, 1.165) is 38.8 Å². The van der Waals surface area contributed by atoms with Crippen LogP contribution in [0.1, 0.15) is 436 Å². The van der Waals surface area contributed by atoms with Gasteiger partial charge in [0.2, 0.25) is 0 Å². The van der Waals surface area contributed by atoms with Crippen molar-refractivity contribution in [3.05, 3.63) is 95.1 Å². The summed E-state index contributed by atoms with van der Waals surface area (Å²) in [5.74, 6) is 0. The standard InChI is InChI=1S/C112H160N2/c1-7-13-19-25-31-37-41-47-53-59-65-83-71-89-90-72-84(66-60-54-48-42-38-32-26-20-14-8-2)76-94-99-81-88(114-70-64-58-52-46-36-30-24-18-12-6)82-100-96-78-86(68-62-56-50-44-40-34-28-22-16-10-4)74-92-91-73-85(67-61-55-49-43-39-33-27-21-15-9-3)77-95-98-80-87(113-69-63-57-51-45-35-29-23-17-11-5)79-97-93(75-83)101(89)107-108(102(90)94)112(106(99)100)110(104(92)96)109(103(91)95)111(107)105(97)98/h71-82,113-114H,7-70H2,1-6H3. The Hall–Kier alpha value is -5.86. The molecule has 618 valence electrons. The topological polar surface area (TPSA) is 24.1 Å². The van der Waals surface area contributed by atoms with Crippen molar-refractivity contribution in [1.29, 1.82) is 0 Å². The van der Waals surface area contributed by atoms with E-state index in [1.807, 2.05) is 0 Å². The molecule has 0 amide bonds. The number of hydrogen-bond acceptors (Lipinski definition) is 2. The largest absolute Gasteiger partial charge is 0.385 e. The molecule has 0 bridgehead atoms. The van der Waals surface area contributed by atoms with E-state index in [4.69, 9.17) is 0 Å². The molecule has 0 spiro atoms. The predicted octanol–water partition coefficient (Wildman–Crippen LogP) is 37.9. The van der Waals surface area contributed by atoms with Gasteiger partial charge < -0.3 is 10.6 Å². The quantitative estimate of drug-likeness (QED) is 0.0226. The highest BCUT2D eigenvalue weighted by atomic mass is 14.9. The number of hydrogen-bond donors (Lipinski definition) is 2. The molecule has 2 heteroatoms. The Kier molecular flexibility index (Phi) is 34.6. The zero-order chi connectivity index (χ0) is 78.5. The molecule has 0 heterocycles. The molecule has 13 aromatic carbocycles. The number of unbranched alkanes of at least 4 members (excludes halogenated alkanes) is 52. The van der Waals surface area contributed by atoms with Gasteiger partial charge in [0, 0.05) is 24.5 Å². The molecule has 0 aliphatic rings. The normalized spacial score (nSPS) is 12.6. The van der Waals surface area contributed by atoms with E-state index in [1.165, 1.54) is 459 Å². The molecule has 0 saturated carbocycles. The highest BCUT2D eigenvalue weighted by Gasteiger charge is 2.33. The molecule has 114 heavy (non-hydrogen) atoms. The number of anilines is 2. The third kappa shape index (κ3) is 21.4. The second kappa shape index (κ2) is 45.9. The van der Waals surface area contributed by atoms with Crippen LogP contribution in [0.5, 0.6) is 0 Å². The van der Waals surface area contributed by atoms with E-state index in [-0.39, 0.29) is 0 Å². The number of nitrogens with one attached hydrogen (secondary N) is 2. The van der Waals surface area contributed by atoms with Crippen LogP contribution in [0.25, 0.3) is 129 Å². The lowest BCUT2D eigenvalue weighted by Gasteiger charge is -2.30. The lowest BCUT2D eigenvalue weighted by molar-refractivity contribution is 0.556. The molecule has 0 radical (unpaired) electrons. The lowest BCUT2D eigenvalue weighted by Crippen LogP contribution is -2.05. The Morgan fingerprint density at radius 2 is 0.272 bits per heavy atom. The van der Waals surface area contributed by atoms with Crippen molar-refractivity contribution in [2.75, 3.05) is 23.7 Å². The minimum Gasteiger partial charge on any atom is -0.385 e. The smallest absolute Gasteiger partial charge is 0.0353 e. The third-order valence-corrected chi connectivity index (χ3v) is 28.3. The summed E-state index contributed by atoms with van der Waals surface area (Å²) in [5, 5.41) is 45.3. The first-order chi connectivity index (χ1) is 56.5. The van der Waals surface area contributed by atoms with Gasteiger partial charge in [-0.25, -0.2) is 0 Å². The Labute approximate surface area is 694 Å². The summed E-state index contributed by atoms with van der Waals surface area (Å²) in [6, 6.07) is 33.1. The van der Waals surface area contributed by atoms with Crippen molar-refractivity contribution in [3.8, 4) is 0 Å². The fraction of sp³-hybridized carbons (Fsp3) is 0.625. The second-order valence-corrected chi connectivity index (χ2v) is 37.6. The van der Waals surface area contributed by atoms with Gasteiger partial charge in [-0.15, -0.1) is 0 Å². The molecule has 13 rings (SSSR count). The first-order valence-corrected chi connectivity index (χ1v) is 50.3. The maximum absolute atomic E-state index is 4.26. The van der Waals surface area contributed by atoms with Crippen molar-refractivity contribution >= 4 is 141 Å². The Bertz CT molecular complexity index is 3880. The fourth-order valence-corrected chi connectivity index (χ4v) is 21.9. The van der Waals surface area contributed by atoms with Crippen LogP contribution in [0, 0.1) is 0 Å². The molecule has 13 aromatic rings. The monoisotopic (exact) mass is 1530 g/mol. The van der Waals surface area contributed by atoms with E-state index in [0.29, 0.717) is 0 Å². The minimum atomic E-state index is 1.02. The van der Waals surface area contributed by atoms with Crippen LogP contribution < -0.4 is 10.6 Å². The number of fused-ring (bicyclic) bond motifs is 6. The third-order valence-electron chi connectivity index (χ3n) is 28.3. The van der Waals surface area contributed by atoms with Gasteiger partial charge in [-0.1, -0.05) is 424 Å². The maximum atomic E-state index is 4.26. The highest BCUT2D eigenvalue weighted by molar-refractivity contribution is 6.61. The zero-order valence-electron chi connectivity index (χ0n) is 74.2. The zero-order valence-corrected chi connectivity index (χ0v) is 74.2. The maximum Gasteiger partial charge on any atom is 0.0353 e. The number of rotatable bonds is 66. The van der Waals surface area contributed by atoms with Crippen LogP contribution in [0.4, 0.5) is 11.4 Å². The molecule has 0 aliphatic carbocycles. The summed E-state index contributed by atoms with van der Waals surface area (Å²) >= 11 is 0. The van der Waals surface area contributed by atoms with Crippen molar-refractivity contribution < 1.29 is 0 Å². The van der Waals surface area contributed by atoms with Crippen LogP contribution in [0.3, 0.4) is 0 Å². The van der Waals surface area contributed by atoms with Crippen LogP contribution >= 0.6 is 0 Å². The summed E-state index contributed by atoms with van der Waals surface area (Å²) in [6.45, 7) is 16.1. The SMILES string of the molecule is CCCCCCCCCCCCc1cc2c3cc(CCCCCCCCCCCC)cc4c5cc(NCCCCCCCCCCC)cc6c7cc(CCCCCCCCCCCC)cc8c9cc(CCCCCCCCCCCC)cc%10c%11cc(NCCCCCCCCCCC)cc%12c(c1)c2c1c(c34)c(c56)c(c87)c(c9%10)c1c%12%11. The molecule has 0 unspecified atom stereocenters. The number of benzene rings is 13. The first-order valence-electron chi connectivity index (χ1n) is 50.3. The average molecular weight is 1530 g/mol. The van der Waals surface area contributed by atoms with E-state index in [9.17, 15) is 0 Å². The van der Waals surface area contributed by atoms with Crippen LogP contribution in [-0.2, 0) is 25.7 Å². The van der Waals surface area contributed by atoms with Gasteiger partial charge in [-0.3, -0.25) is 0 Å². The summed E-state index contributed by atoms with van der Waals surface area (Å²) in [4.78, 5) is 0. The summed E-state index contributed by atoms with van der Waals surface area (Å²) in [7, 11) is 0. The first kappa shape index (κ1) is 86.0. The molecule has 2 N–H and O–H groups in total. The van der Waals surface area contributed by atoms with Gasteiger partial charge in [0.25, 0.3) is 0 Å². The van der Waals surface area contributed by atoms with Crippen LogP contribution in [0.2, 0.25) is 0 Å². The summed E-state index contributed by atoms with van der Waals surface area (Å²) < 4.78 is 0. The van der Waals surface area contributed by atoms with Crippen molar-refractivity contribution in [3.63, 3.8) is 0 Å². The van der Waals surface area contributed by atoms with Gasteiger partial charge in [0.15, 0.2) is 0 Å². The van der Waals surface area contributed by atoms with E-state index < -0.39 is 0 Å². The molecule has 0 aliphatic heterocycles. The van der Waals surface area contributed by atoms with E-state index in [2.05, 4.69) is 125 Å². The van der Waals surface area contributed by atoms with Crippen LogP contribution in [-0.4, -0.2) is 13.1 Å². The van der Waals surface area contributed by atoms with E-state index in [1.54, 1.807) is 76.1 Å². The van der Waals surface area contributed by atoms with Crippen molar-refractivity contribution in [1.82, 2.24) is 0 Å². The Morgan fingerprint density at radius 1 is 0.140 bits per heavy atom. The fourth-order valence-electron chi connectivity index (χ4n) is 21.9.